The third kappa shape index (κ3) is 1.41. The van der Waals surface area contributed by atoms with Crippen LogP contribution >= 0.6 is 0 Å². The Balaban J connectivity index is 1.98. The van der Waals surface area contributed by atoms with Crippen molar-refractivity contribution in [3.05, 3.63) is 77.6 Å². The van der Waals surface area contributed by atoms with Gasteiger partial charge in [0.05, 0.1) is 6.26 Å². The Labute approximate surface area is 123 Å². The van der Waals surface area contributed by atoms with Crippen molar-refractivity contribution in [1.82, 2.24) is 0 Å². The molecule has 5 rings (SSSR count). The monoisotopic (exact) mass is 270 g/mol. The number of benzene rings is 3. The zero-order valence-electron chi connectivity index (χ0n) is 11.6. The van der Waals surface area contributed by atoms with E-state index in [-0.39, 0.29) is 0 Å². The quantitative estimate of drug-likeness (QED) is 0.443. The second-order valence-corrected chi connectivity index (χ2v) is 5.73. The molecule has 0 radical (unpaired) electrons. The lowest BCUT2D eigenvalue weighted by Crippen LogP contribution is -2.02. The Morgan fingerprint density at radius 2 is 1.62 bits per heavy atom. The molecule has 0 amide bonds. The minimum atomic E-state index is 0.958. The lowest BCUT2D eigenvalue weighted by molar-refractivity contribution is 0.461. The molecule has 1 aliphatic heterocycles. The predicted octanol–water partition coefficient (Wildman–Crippen LogP) is 4.86. The maximum Gasteiger partial charge on any atom is 0.134 e. The molecule has 21 heavy (non-hydrogen) atoms. The fraction of sp³-hybridized carbons (Fsp3) is 0.100. The Bertz CT molecular complexity index is 919. The summed E-state index contributed by atoms with van der Waals surface area (Å²) < 4.78 is 5.93. The van der Waals surface area contributed by atoms with Crippen molar-refractivity contribution in [3.63, 3.8) is 0 Å². The minimum Gasteiger partial charge on any atom is -0.465 e. The highest BCUT2D eigenvalue weighted by molar-refractivity contribution is 6.04. The van der Waals surface area contributed by atoms with Crippen LogP contribution in [0.1, 0.15) is 16.7 Å². The largest absolute Gasteiger partial charge is 0.465 e. The van der Waals surface area contributed by atoms with E-state index < -0.39 is 0 Å². The number of allylic oxidation sites excluding steroid dienone is 1. The number of hydrogen-bond acceptors (Lipinski definition) is 1. The molecule has 1 nitrogen and oxygen atoms in total. The third-order valence-electron chi connectivity index (χ3n) is 4.63. The van der Waals surface area contributed by atoms with Gasteiger partial charge in [-0.25, -0.2) is 0 Å². The molecular formula is C20H14O. The van der Waals surface area contributed by atoms with Crippen molar-refractivity contribution in [2.45, 2.75) is 12.8 Å². The minimum absolute atomic E-state index is 0.958. The molecule has 100 valence electrons. The maximum absolute atomic E-state index is 5.93. The standard InChI is InChI=1S/C20H14O/c1-2-7-14-13(6-1)12-18-19(14)16-9-4-3-8-15(16)17-10-5-11-21-20(17)18/h1-9,11H,10,12H2. The van der Waals surface area contributed by atoms with Gasteiger partial charge in [0, 0.05) is 17.5 Å². The summed E-state index contributed by atoms with van der Waals surface area (Å²) in [5.74, 6) is 1.09. The number of ether oxygens (including phenoxy) is 1. The van der Waals surface area contributed by atoms with Gasteiger partial charge in [-0.05, 0) is 40.0 Å². The molecule has 1 aliphatic carbocycles. The van der Waals surface area contributed by atoms with E-state index in [0.717, 1.165) is 18.6 Å². The van der Waals surface area contributed by atoms with Crippen LogP contribution in [0.2, 0.25) is 0 Å². The molecule has 0 fully saturated rings. The van der Waals surface area contributed by atoms with Crippen LogP contribution in [0.4, 0.5) is 0 Å². The van der Waals surface area contributed by atoms with Gasteiger partial charge < -0.3 is 4.74 Å². The topological polar surface area (TPSA) is 9.23 Å². The zero-order valence-corrected chi connectivity index (χ0v) is 11.6. The van der Waals surface area contributed by atoms with Gasteiger partial charge in [0.1, 0.15) is 5.75 Å². The average Bonchev–Trinajstić information content (AvgIpc) is 2.95. The summed E-state index contributed by atoms with van der Waals surface area (Å²) in [6.45, 7) is 0. The molecule has 0 saturated heterocycles. The van der Waals surface area contributed by atoms with Crippen molar-refractivity contribution in [2.75, 3.05) is 0 Å². The SMILES string of the molecule is C1=COc2c3c(c4ccccc4c2C1)-c1ccccc1C3. The molecule has 2 aliphatic rings. The molecule has 1 heteroatoms. The van der Waals surface area contributed by atoms with Crippen molar-refractivity contribution in [3.8, 4) is 16.9 Å². The summed E-state index contributed by atoms with van der Waals surface area (Å²) in [5.41, 5.74) is 6.83. The van der Waals surface area contributed by atoms with Gasteiger partial charge in [-0.2, -0.15) is 0 Å². The molecule has 1 heterocycles. The second-order valence-electron chi connectivity index (χ2n) is 5.73. The Morgan fingerprint density at radius 3 is 2.57 bits per heavy atom. The molecule has 0 saturated carbocycles. The van der Waals surface area contributed by atoms with Crippen LogP contribution < -0.4 is 4.74 Å². The van der Waals surface area contributed by atoms with Gasteiger partial charge in [-0.1, -0.05) is 48.5 Å². The van der Waals surface area contributed by atoms with E-state index in [9.17, 15) is 0 Å². The van der Waals surface area contributed by atoms with E-state index in [1.165, 1.54) is 38.6 Å². The summed E-state index contributed by atoms with van der Waals surface area (Å²) in [7, 11) is 0. The molecule has 3 aromatic carbocycles. The Hall–Kier alpha value is -2.54. The Morgan fingerprint density at radius 1 is 0.810 bits per heavy atom. The molecule has 0 bridgehead atoms. The van der Waals surface area contributed by atoms with E-state index in [1.54, 1.807) is 0 Å². The summed E-state index contributed by atoms with van der Waals surface area (Å²) >= 11 is 0. The normalized spacial score (nSPS) is 14.5. The number of rotatable bonds is 0. The van der Waals surface area contributed by atoms with Gasteiger partial charge >= 0.3 is 0 Å². The van der Waals surface area contributed by atoms with Gasteiger partial charge in [-0.15, -0.1) is 0 Å². The highest BCUT2D eigenvalue weighted by Gasteiger charge is 2.27. The van der Waals surface area contributed by atoms with Crippen LogP contribution in [0.25, 0.3) is 21.9 Å². The highest BCUT2D eigenvalue weighted by Crippen LogP contribution is 2.48. The third-order valence-corrected chi connectivity index (χ3v) is 4.63. The fourth-order valence-electron chi connectivity index (χ4n) is 3.76. The van der Waals surface area contributed by atoms with Crippen LogP contribution in [0.5, 0.6) is 5.75 Å². The second kappa shape index (κ2) is 3.98. The smallest absolute Gasteiger partial charge is 0.134 e. The van der Waals surface area contributed by atoms with Crippen LogP contribution in [-0.4, -0.2) is 0 Å². The zero-order chi connectivity index (χ0) is 13.8. The molecule has 0 atom stereocenters. The van der Waals surface area contributed by atoms with Crippen molar-refractivity contribution in [2.24, 2.45) is 0 Å². The lowest BCUT2D eigenvalue weighted by atomic mass is 9.91. The van der Waals surface area contributed by atoms with Gasteiger partial charge in [-0.3, -0.25) is 0 Å². The first-order valence-corrected chi connectivity index (χ1v) is 7.40. The summed E-state index contributed by atoms with van der Waals surface area (Å²) in [5, 5.41) is 2.68. The molecule has 0 aromatic heterocycles. The van der Waals surface area contributed by atoms with E-state index in [2.05, 4.69) is 54.6 Å². The first-order chi connectivity index (χ1) is 10.4. The summed E-state index contributed by atoms with van der Waals surface area (Å²) in [6, 6.07) is 17.4. The van der Waals surface area contributed by atoms with Crippen LogP contribution in [0.15, 0.2) is 60.9 Å². The van der Waals surface area contributed by atoms with Crippen LogP contribution in [0, 0.1) is 0 Å². The average molecular weight is 270 g/mol. The predicted molar refractivity (Wildman–Crippen MR) is 85.7 cm³/mol. The first-order valence-electron chi connectivity index (χ1n) is 7.40. The summed E-state index contributed by atoms with van der Waals surface area (Å²) in [6.07, 6.45) is 5.87. The van der Waals surface area contributed by atoms with E-state index in [0.29, 0.717) is 0 Å². The molecule has 3 aromatic rings. The van der Waals surface area contributed by atoms with Crippen molar-refractivity contribution < 1.29 is 4.74 Å². The summed E-state index contributed by atoms with van der Waals surface area (Å²) in [4.78, 5) is 0. The lowest BCUT2D eigenvalue weighted by Gasteiger charge is -2.19. The van der Waals surface area contributed by atoms with Crippen molar-refractivity contribution >= 4 is 10.8 Å². The molecule has 0 spiro atoms. The van der Waals surface area contributed by atoms with Gasteiger partial charge in [0.25, 0.3) is 0 Å². The molecule has 0 unspecified atom stereocenters. The van der Waals surface area contributed by atoms with E-state index in [4.69, 9.17) is 4.74 Å². The van der Waals surface area contributed by atoms with E-state index >= 15 is 0 Å². The molecular weight excluding hydrogens is 256 g/mol. The number of hydrogen-bond donors (Lipinski definition) is 0. The van der Waals surface area contributed by atoms with Gasteiger partial charge in [0.15, 0.2) is 0 Å². The fourth-order valence-corrected chi connectivity index (χ4v) is 3.76. The Kier molecular flexibility index (Phi) is 2.12. The van der Waals surface area contributed by atoms with Crippen LogP contribution in [0.3, 0.4) is 0 Å². The van der Waals surface area contributed by atoms with E-state index in [1.807, 2.05) is 6.26 Å². The van der Waals surface area contributed by atoms with Gasteiger partial charge in [0.2, 0.25) is 0 Å². The maximum atomic E-state index is 5.93. The van der Waals surface area contributed by atoms with Crippen molar-refractivity contribution in [1.29, 1.82) is 0 Å². The number of fused-ring (bicyclic) bond motifs is 8. The first kappa shape index (κ1) is 11.2. The van der Waals surface area contributed by atoms with Crippen LogP contribution in [-0.2, 0) is 12.8 Å². The molecule has 0 N–H and O–H groups in total. The highest BCUT2D eigenvalue weighted by atomic mass is 16.5.